The highest BCUT2D eigenvalue weighted by Gasteiger charge is 2.22. The number of hydrogen-bond donors (Lipinski definition) is 1. The number of halogens is 1. The number of rotatable bonds is 3. The fraction of sp³-hybridized carbons (Fsp3) is 0. The van der Waals surface area contributed by atoms with Gasteiger partial charge in [-0.2, -0.15) is 4.99 Å². The average molecular weight is 395 g/mol. The van der Waals surface area contributed by atoms with Gasteiger partial charge in [0.2, 0.25) is 0 Å². The Bertz CT molecular complexity index is 1140. The van der Waals surface area contributed by atoms with Crippen molar-refractivity contribution >= 4 is 62.8 Å². The number of nitrogens with zero attached hydrogens (tertiary/aromatic N) is 3. The zero-order valence-electron chi connectivity index (χ0n) is 13.7. The molecule has 0 atom stereocenters. The lowest BCUT2D eigenvalue weighted by Crippen LogP contribution is -2.05. The van der Waals surface area contributed by atoms with Crippen LogP contribution in [0.25, 0.3) is 17.0 Å². The van der Waals surface area contributed by atoms with Gasteiger partial charge in [0.25, 0.3) is 5.91 Å². The molecular formula is C19H11ClN4O2S. The van der Waals surface area contributed by atoms with Crippen molar-refractivity contribution in [2.24, 2.45) is 10.2 Å². The Morgan fingerprint density at radius 1 is 1.15 bits per heavy atom. The molecule has 2 heterocycles. The number of fused-ring (bicyclic) bond motifs is 1. The van der Waals surface area contributed by atoms with Crippen molar-refractivity contribution in [1.29, 1.82) is 0 Å². The number of nitrogens with one attached hydrogen (secondary N) is 1. The Kier molecular flexibility index (Phi) is 4.70. The van der Waals surface area contributed by atoms with Gasteiger partial charge >= 0.3 is 0 Å². The summed E-state index contributed by atoms with van der Waals surface area (Å²) in [6.07, 6.45) is 3.52. The van der Waals surface area contributed by atoms with Crippen LogP contribution in [0.1, 0.15) is 5.56 Å². The molecule has 27 heavy (non-hydrogen) atoms. The minimum absolute atomic E-state index is 0.234. The largest absolute Gasteiger partial charge is 0.333 e. The first-order valence-corrected chi connectivity index (χ1v) is 9.09. The van der Waals surface area contributed by atoms with Crippen molar-refractivity contribution in [1.82, 2.24) is 4.98 Å². The van der Waals surface area contributed by atoms with Gasteiger partial charge in [-0.3, -0.25) is 9.78 Å². The van der Waals surface area contributed by atoms with Gasteiger partial charge in [-0.1, -0.05) is 23.7 Å². The van der Waals surface area contributed by atoms with Crippen molar-refractivity contribution in [2.75, 3.05) is 5.32 Å². The molecule has 0 fully saturated rings. The first-order chi connectivity index (χ1) is 13.1. The minimum Gasteiger partial charge on any atom is -0.333 e. The summed E-state index contributed by atoms with van der Waals surface area (Å²) in [7, 11) is 0. The van der Waals surface area contributed by atoms with E-state index in [1.165, 1.54) is 23.9 Å². The number of nitroso groups, excluding NO2 is 1. The predicted octanol–water partition coefficient (Wildman–Crippen LogP) is 5.37. The summed E-state index contributed by atoms with van der Waals surface area (Å²) in [6, 6.07) is 14.2. The van der Waals surface area contributed by atoms with Gasteiger partial charge in [-0.15, -0.1) is 4.91 Å². The predicted molar refractivity (Wildman–Crippen MR) is 110 cm³/mol. The second-order valence-electron chi connectivity index (χ2n) is 5.67. The SMILES string of the molecule is O=Nc1ccc(Cl)c(NC2=NC(=O)/C(=C/c3ccc4ncccc4c3)S2)c1. The highest BCUT2D eigenvalue weighted by atomic mass is 35.5. The lowest BCUT2D eigenvalue weighted by Gasteiger charge is -2.07. The zero-order valence-corrected chi connectivity index (χ0v) is 15.3. The van der Waals surface area contributed by atoms with E-state index in [0.717, 1.165) is 16.5 Å². The molecule has 0 bridgehead atoms. The molecule has 132 valence electrons. The number of benzene rings is 2. The number of carbonyl (C=O) groups is 1. The second kappa shape index (κ2) is 7.30. The van der Waals surface area contributed by atoms with Gasteiger partial charge < -0.3 is 5.32 Å². The molecule has 1 amide bonds. The molecule has 1 aliphatic heterocycles. The van der Waals surface area contributed by atoms with E-state index in [0.29, 0.717) is 20.8 Å². The Balaban J connectivity index is 1.56. The van der Waals surface area contributed by atoms with Crippen molar-refractivity contribution in [3.8, 4) is 0 Å². The lowest BCUT2D eigenvalue weighted by atomic mass is 10.1. The molecule has 0 saturated heterocycles. The molecule has 1 aromatic heterocycles. The van der Waals surface area contributed by atoms with Crippen molar-refractivity contribution in [2.45, 2.75) is 0 Å². The maximum Gasteiger partial charge on any atom is 0.286 e. The maximum atomic E-state index is 12.2. The molecular weight excluding hydrogens is 384 g/mol. The molecule has 0 unspecified atom stereocenters. The van der Waals surface area contributed by atoms with Gasteiger partial charge in [0.1, 0.15) is 5.69 Å². The standard InChI is InChI=1S/C19H11ClN4O2S/c20-14-5-4-13(24-26)10-16(14)22-19-23-18(25)17(27-19)9-11-3-6-15-12(8-11)2-1-7-21-15/h1-10H,(H,22,23,25)/b17-9-. The Morgan fingerprint density at radius 3 is 2.89 bits per heavy atom. The summed E-state index contributed by atoms with van der Waals surface area (Å²) in [5.41, 5.74) is 2.47. The molecule has 0 aliphatic carbocycles. The van der Waals surface area contributed by atoms with Crippen molar-refractivity contribution in [3.05, 3.63) is 75.1 Å². The maximum absolute atomic E-state index is 12.2. The van der Waals surface area contributed by atoms with E-state index < -0.39 is 0 Å². The molecule has 0 radical (unpaired) electrons. The van der Waals surface area contributed by atoms with E-state index in [1.807, 2.05) is 30.3 Å². The molecule has 2 aromatic carbocycles. The van der Waals surface area contributed by atoms with Gasteiger partial charge in [-0.05, 0) is 65.0 Å². The van der Waals surface area contributed by atoms with Gasteiger partial charge in [0.15, 0.2) is 5.17 Å². The van der Waals surface area contributed by atoms with Crippen LogP contribution in [-0.2, 0) is 4.79 Å². The number of amidine groups is 1. The second-order valence-corrected chi connectivity index (χ2v) is 7.11. The van der Waals surface area contributed by atoms with Crippen LogP contribution in [0.15, 0.2) is 69.8 Å². The van der Waals surface area contributed by atoms with Crippen LogP contribution in [0, 0.1) is 4.91 Å². The topological polar surface area (TPSA) is 83.8 Å². The number of amides is 1. The molecule has 8 heteroatoms. The summed E-state index contributed by atoms with van der Waals surface area (Å²) in [6.45, 7) is 0. The Morgan fingerprint density at radius 2 is 2.04 bits per heavy atom. The third-order valence-electron chi connectivity index (χ3n) is 3.84. The van der Waals surface area contributed by atoms with Crippen LogP contribution in [0.2, 0.25) is 5.02 Å². The minimum atomic E-state index is -0.338. The molecule has 1 aliphatic rings. The Hall–Kier alpha value is -3.03. The molecule has 0 spiro atoms. The number of hydrogen-bond acceptors (Lipinski definition) is 6. The molecule has 3 aromatic rings. The molecule has 0 saturated carbocycles. The Labute approximate surface area is 163 Å². The quantitative estimate of drug-likeness (QED) is 0.477. The smallest absolute Gasteiger partial charge is 0.286 e. The van der Waals surface area contributed by atoms with Crippen molar-refractivity contribution in [3.63, 3.8) is 0 Å². The molecule has 6 nitrogen and oxygen atoms in total. The summed E-state index contributed by atoms with van der Waals surface area (Å²) in [5.74, 6) is -0.338. The van der Waals surface area contributed by atoms with E-state index in [1.54, 1.807) is 18.3 Å². The first-order valence-electron chi connectivity index (χ1n) is 7.90. The fourth-order valence-electron chi connectivity index (χ4n) is 2.58. The summed E-state index contributed by atoms with van der Waals surface area (Å²) in [5, 5.41) is 7.63. The highest BCUT2D eigenvalue weighted by molar-refractivity contribution is 8.18. The van der Waals surface area contributed by atoms with E-state index in [2.05, 4.69) is 20.5 Å². The molecule has 4 rings (SSSR count). The fourth-order valence-corrected chi connectivity index (χ4v) is 3.57. The average Bonchev–Trinajstić information content (AvgIpc) is 3.02. The number of anilines is 1. The third-order valence-corrected chi connectivity index (χ3v) is 5.07. The summed E-state index contributed by atoms with van der Waals surface area (Å²) >= 11 is 7.32. The van der Waals surface area contributed by atoms with Crippen molar-refractivity contribution < 1.29 is 4.79 Å². The molecule has 1 N–H and O–H groups in total. The number of aromatic nitrogens is 1. The monoisotopic (exact) mass is 394 g/mol. The number of carbonyl (C=O) groups excluding carboxylic acids is 1. The number of pyridine rings is 1. The van der Waals surface area contributed by atoms with Gasteiger partial charge in [0.05, 0.1) is 21.1 Å². The number of thioether (sulfide) groups is 1. The van der Waals surface area contributed by atoms with Crippen LogP contribution in [0.5, 0.6) is 0 Å². The third kappa shape index (κ3) is 3.74. The highest BCUT2D eigenvalue weighted by Crippen LogP contribution is 2.33. The number of aliphatic imine (C=N–C) groups is 1. The van der Waals surface area contributed by atoms with Crippen LogP contribution in [-0.4, -0.2) is 16.1 Å². The lowest BCUT2D eigenvalue weighted by molar-refractivity contribution is -0.113. The first kappa shape index (κ1) is 17.4. The van der Waals surface area contributed by atoms with Crippen LogP contribution in [0.3, 0.4) is 0 Å². The van der Waals surface area contributed by atoms with Crippen LogP contribution < -0.4 is 5.32 Å². The van der Waals surface area contributed by atoms with Crippen LogP contribution in [0.4, 0.5) is 11.4 Å². The normalized spacial score (nSPS) is 15.2. The zero-order chi connectivity index (χ0) is 18.8. The van der Waals surface area contributed by atoms with E-state index in [-0.39, 0.29) is 11.6 Å². The summed E-state index contributed by atoms with van der Waals surface area (Å²) in [4.78, 5) is 31.7. The van der Waals surface area contributed by atoms with E-state index in [4.69, 9.17) is 11.6 Å². The van der Waals surface area contributed by atoms with Gasteiger partial charge in [-0.25, -0.2) is 0 Å². The summed E-state index contributed by atoms with van der Waals surface area (Å²) < 4.78 is 0. The van der Waals surface area contributed by atoms with Gasteiger partial charge in [0, 0.05) is 11.6 Å². The van der Waals surface area contributed by atoms with Crippen LogP contribution >= 0.6 is 23.4 Å². The van der Waals surface area contributed by atoms with E-state index >= 15 is 0 Å². The van der Waals surface area contributed by atoms with E-state index in [9.17, 15) is 9.70 Å².